The fraction of sp³-hybridized carbons (Fsp3) is 0.636. The van der Waals surface area contributed by atoms with Crippen LogP contribution in [0.25, 0.3) is 0 Å². The molecule has 0 spiro atoms. The molecule has 0 aromatic heterocycles. The van der Waals surface area contributed by atoms with Crippen molar-refractivity contribution < 1.29 is 19.1 Å². The molecule has 4 nitrogen and oxygen atoms in total. The summed E-state index contributed by atoms with van der Waals surface area (Å²) < 4.78 is 11.4. The molecule has 1 rings (SSSR count). The van der Waals surface area contributed by atoms with Crippen LogP contribution in [0.3, 0.4) is 0 Å². The third kappa shape index (κ3) is 12.6. The minimum atomic E-state index is -0.262. The molecule has 0 radical (unpaired) electrons. The SMILES string of the molecule is CCCCCCCCCOC(=O)CCCC(=O)OCCc1ccccc1Br. The summed E-state index contributed by atoms with van der Waals surface area (Å²) in [5.74, 6) is -0.482. The molecule has 27 heavy (non-hydrogen) atoms. The van der Waals surface area contributed by atoms with Crippen LogP contribution < -0.4 is 0 Å². The molecular weight excluding hydrogens is 408 g/mol. The van der Waals surface area contributed by atoms with Crippen molar-refractivity contribution in [3.05, 3.63) is 34.3 Å². The number of hydrogen-bond donors (Lipinski definition) is 0. The van der Waals surface area contributed by atoms with Crippen LogP contribution in [0.4, 0.5) is 0 Å². The maximum Gasteiger partial charge on any atom is 0.305 e. The summed E-state index contributed by atoms with van der Waals surface area (Å²) in [5.41, 5.74) is 1.11. The Morgan fingerprint density at radius 1 is 0.815 bits per heavy atom. The van der Waals surface area contributed by atoms with Gasteiger partial charge in [-0.2, -0.15) is 0 Å². The molecule has 0 aliphatic carbocycles. The van der Waals surface area contributed by atoms with E-state index in [1.54, 1.807) is 0 Å². The molecule has 5 heteroatoms. The van der Waals surface area contributed by atoms with E-state index in [9.17, 15) is 9.59 Å². The zero-order valence-corrected chi connectivity index (χ0v) is 18.1. The monoisotopic (exact) mass is 440 g/mol. The van der Waals surface area contributed by atoms with E-state index in [2.05, 4.69) is 22.9 Å². The quantitative estimate of drug-likeness (QED) is 0.248. The second-order valence-electron chi connectivity index (χ2n) is 6.76. The van der Waals surface area contributed by atoms with E-state index in [1.165, 1.54) is 32.1 Å². The highest BCUT2D eigenvalue weighted by atomic mass is 79.9. The first-order valence-corrected chi connectivity index (χ1v) is 11.0. The molecule has 152 valence electrons. The number of carbonyl (C=O) groups excluding carboxylic acids is 2. The van der Waals surface area contributed by atoms with Crippen LogP contribution in [0.1, 0.15) is 76.7 Å². The van der Waals surface area contributed by atoms with E-state index in [0.717, 1.165) is 22.9 Å². The smallest absolute Gasteiger partial charge is 0.305 e. The lowest BCUT2D eigenvalue weighted by molar-refractivity contribution is -0.145. The van der Waals surface area contributed by atoms with Gasteiger partial charge in [0.25, 0.3) is 0 Å². The topological polar surface area (TPSA) is 52.6 Å². The average molecular weight is 441 g/mol. The van der Waals surface area contributed by atoms with Crippen LogP contribution >= 0.6 is 15.9 Å². The maximum atomic E-state index is 11.7. The summed E-state index contributed by atoms with van der Waals surface area (Å²) in [7, 11) is 0. The Hall–Kier alpha value is -1.36. The zero-order valence-electron chi connectivity index (χ0n) is 16.5. The summed E-state index contributed by atoms with van der Waals surface area (Å²) in [6.45, 7) is 3.05. The lowest BCUT2D eigenvalue weighted by Crippen LogP contribution is -2.10. The van der Waals surface area contributed by atoms with E-state index >= 15 is 0 Å². The molecule has 1 aromatic rings. The van der Waals surface area contributed by atoms with Crippen LogP contribution in [0.5, 0.6) is 0 Å². The number of esters is 2. The van der Waals surface area contributed by atoms with Gasteiger partial charge in [0.15, 0.2) is 0 Å². The lowest BCUT2D eigenvalue weighted by atomic mass is 10.1. The molecule has 0 amide bonds. The Bertz CT molecular complexity index is 545. The Labute approximate surface area is 172 Å². The Kier molecular flexibility index (Phi) is 13.7. The maximum absolute atomic E-state index is 11.7. The second kappa shape index (κ2) is 15.7. The van der Waals surface area contributed by atoms with Crippen molar-refractivity contribution in [2.75, 3.05) is 13.2 Å². The van der Waals surface area contributed by atoms with E-state index in [-0.39, 0.29) is 24.8 Å². The van der Waals surface area contributed by atoms with Gasteiger partial charge >= 0.3 is 11.9 Å². The predicted octanol–water partition coefficient (Wildman–Crippen LogP) is 6.00. The average Bonchev–Trinajstić information content (AvgIpc) is 2.65. The van der Waals surface area contributed by atoms with Crippen LogP contribution in [-0.2, 0) is 25.5 Å². The standard InChI is InChI=1S/C22H33BrO4/c1-2-3-4-5-6-7-10-17-26-21(24)14-11-15-22(25)27-18-16-19-12-8-9-13-20(19)23/h8-9,12-13H,2-7,10-11,14-18H2,1H3. The van der Waals surface area contributed by atoms with Crippen LogP contribution in [-0.4, -0.2) is 25.2 Å². The van der Waals surface area contributed by atoms with Gasteiger partial charge in [-0.05, 0) is 24.5 Å². The van der Waals surface area contributed by atoms with Gasteiger partial charge in [-0.3, -0.25) is 9.59 Å². The van der Waals surface area contributed by atoms with Crippen molar-refractivity contribution in [1.29, 1.82) is 0 Å². The van der Waals surface area contributed by atoms with E-state index in [1.807, 2.05) is 24.3 Å². The van der Waals surface area contributed by atoms with Crippen molar-refractivity contribution >= 4 is 27.9 Å². The highest BCUT2D eigenvalue weighted by molar-refractivity contribution is 9.10. The molecule has 0 aliphatic heterocycles. The van der Waals surface area contributed by atoms with E-state index in [0.29, 0.717) is 26.1 Å². The minimum absolute atomic E-state index is 0.220. The molecule has 0 fully saturated rings. The third-order valence-corrected chi connectivity index (χ3v) is 5.14. The summed E-state index contributed by atoms with van der Waals surface area (Å²) in [6, 6.07) is 7.88. The molecule has 0 aliphatic rings. The number of benzene rings is 1. The number of rotatable bonds is 15. The van der Waals surface area contributed by atoms with Gasteiger partial charge in [0.1, 0.15) is 0 Å². The van der Waals surface area contributed by atoms with Gasteiger partial charge in [-0.15, -0.1) is 0 Å². The Morgan fingerprint density at radius 3 is 2.07 bits per heavy atom. The number of unbranched alkanes of at least 4 members (excludes halogenated alkanes) is 6. The molecule has 0 saturated heterocycles. The molecule has 0 unspecified atom stereocenters. The molecule has 0 atom stereocenters. The van der Waals surface area contributed by atoms with Gasteiger partial charge in [0.05, 0.1) is 13.2 Å². The number of carbonyl (C=O) groups is 2. The molecule has 0 bridgehead atoms. The summed E-state index contributed by atoms with van der Waals surface area (Å²) in [6.07, 6.45) is 10.1. The van der Waals surface area contributed by atoms with E-state index in [4.69, 9.17) is 9.47 Å². The predicted molar refractivity (Wildman–Crippen MR) is 112 cm³/mol. The van der Waals surface area contributed by atoms with Gasteiger partial charge < -0.3 is 9.47 Å². The molecule has 0 N–H and O–H groups in total. The first-order valence-electron chi connectivity index (χ1n) is 10.2. The van der Waals surface area contributed by atoms with Crippen molar-refractivity contribution in [2.45, 2.75) is 77.6 Å². The van der Waals surface area contributed by atoms with Crippen molar-refractivity contribution in [3.63, 3.8) is 0 Å². The first-order chi connectivity index (χ1) is 13.1. The lowest BCUT2D eigenvalue weighted by Gasteiger charge is -2.07. The largest absolute Gasteiger partial charge is 0.466 e. The van der Waals surface area contributed by atoms with Crippen LogP contribution in [0.15, 0.2) is 28.7 Å². The number of ether oxygens (including phenoxy) is 2. The summed E-state index contributed by atoms with van der Waals surface area (Å²) >= 11 is 3.47. The highest BCUT2D eigenvalue weighted by Gasteiger charge is 2.08. The molecular formula is C22H33BrO4. The molecule has 0 heterocycles. The molecule has 0 saturated carbocycles. The Balaban J connectivity index is 1.96. The number of hydrogen-bond acceptors (Lipinski definition) is 4. The van der Waals surface area contributed by atoms with Crippen molar-refractivity contribution in [3.8, 4) is 0 Å². The van der Waals surface area contributed by atoms with Crippen LogP contribution in [0.2, 0.25) is 0 Å². The van der Waals surface area contributed by atoms with Gasteiger partial charge in [0, 0.05) is 23.7 Å². The minimum Gasteiger partial charge on any atom is -0.466 e. The Morgan fingerprint density at radius 2 is 1.41 bits per heavy atom. The second-order valence-corrected chi connectivity index (χ2v) is 7.61. The zero-order chi connectivity index (χ0) is 19.7. The number of halogens is 1. The van der Waals surface area contributed by atoms with Crippen LogP contribution in [0, 0.1) is 0 Å². The summed E-state index contributed by atoms with van der Waals surface area (Å²) in [5, 5.41) is 0. The summed E-state index contributed by atoms with van der Waals surface area (Å²) in [4.78, 5) is 23.4. The highest BCUT2D eigenvalue weighted by Crippen LogP contribution is 2.16. The fourth-order valence-electron chi connectivity index (χ4n) is 2.74. The fourth-order valence-corrected chi connectivity index (χ4v) is 3.23. The van der Waals surface area contributed by atoms with E-state index < -0.39 is 0 Å². The first kappa shape index (κ1) is 23.7. The van der Waals surface area contributed by atoms with Gasteiger partial charge in [0.2, 0.25) is 0 Å². The third-order valence-electron chi connectivity index (χ3n) is 4.37. The van der Waals surface area contributed by atoms with Crippen molar-refractivity contribution in [1.82, 2.24) is 0 Å². The molecule has 1 aromatic carbocycles. The normalized spacial score (nSPS) is 10.6. The van der Waals surface area contributed by atoms with Gasteiger partial charge in [-0.25, -0.2) is 0 Å². The van der Waals surface area contributed by atoms with Crippen molar-refractivity contribution in [2.24, 2.45) is 0 Å². The van der Waals surface area contributed by atoms with Gasteiger partial charge in [-0.1, -0.05) is 79.6 Å².